The Morgan fingerprint density at radius 3 is 2.36 bits per heavy atom. The van der Waals surface area contributed by atoms with E-state index in [1.165, 1.54) is 15.8 Å². The van der Waals surface area contributed by atoms with Gasteiger partial charge in [0.15, 0.2) is 29.1 Å². The fraction of sp³-hybridized carbons (Fsp3) is 0.459. The average molecular weight is 935 g/mol. The van der Waals surface area contributed by atoms with E-state index in [2.05, 4.69) is 34.9 Å². The Morgan fingerprint density at radius 1 is 0.969 bits per heavy atom. The molecule has 0 bridgehead atoms. The fourth-order valence-corrected chi connectivity index (χ4v) is 9.97. The van der Waals surface area contributed by atoms with Gasteiger partial charge in [-0.05, 0) is 56.0 Å². The summed E-state index contributed by atoms with van der Waals surface area (Å²) in [5.41, 5.74) is 13.6. The maximum Gasteiger partial charge on any atom is 0.481 e. The number of anilines is 3. The van der Waals surface area contributed by atoms with Crippen molar-refractivity contribution in [1.82, 2.24) is 24.8 Å². The van der Waals surface area contributed by atoms with Crippen molar-refractivity contribution in [3.8, 4) is 0 Å². The standard InChI is InChI=1S/C37H48N10O15P2/c1-17-9-22-23(10-18(17)2)46(34-37(45-22,35(53)44-36(54)43-34)21(11-19(3)38)20-7-5-4-6-8-20)12-24(48)28(50)25(49)13-59-63(55,56)62-64(57,58)60-14-26-29(51)30(52)33(61-26)47-16-42-27-31(39)40-15-41-32(27)47/h4-10,15-16,19,21,24-26,28-30,33,45,48-52H,11-14,38H2,1-3H3,(H,55,56)(H,57,58)(H2,39,40,41)(H,44,53,54)/t19?,21-,24-,25+,26+,28-,29+,30+,33+,37-/m0/s1. The number of amidine groups is 1. The third kappa shape index (κ3) is 9.32. The number of nitrogens with two attached hydrogens (primary N) is 2. The number of hydrogen-bond acceptors (Lipinski definition) is 20. The number of imide groups is 1. The molecule has 27 heteroatoms. The average Bonchev–Trinajstić information content (AvgIpc) is 3.79. The molecule has 346 valence electrons. The summed E-state index contributed by atoms with van der Waals surface area (Å²) in [5, 5.41) is 60.3. The van der Waals surface area contributed by atoms with Gasteiger partial charge in [-0.15, -0.1) is 0 Å². The number of aliphatic imine (C=N–C) groups is 1. The largest absolute Gasteiger partial charge is 0.481 e. The molecule has 0 radical (unpaired) electrons. The van der Waals surface area contributed by atoms with E-state index in [1.54, 1.807) is 56.3 Å². The van der Waals surface area contributed by atoms with Crippen LogP contribution in [0.25, 0.3) is 11.2 Å². The summed E-state index contributed by atoms with van der Waals surface area (Å²) in [6.45, 7) is 2.55. The normalized spacial score (nSPS) is 26.4. The van der Waals surface area contributed by atoms with Crippen molar-refractivity contribution in [3.63, 3.8) is 0 Å². The fourth-order valence-electron chi connectivity index (χ4n) is 7.87. The number of aromatic nitrogens is 4. The molecule has 5 heterocycles. The lowest BCUT2D eigenvalue weighted by Crippen LogP contribution is -2.72. The molecule has 3 amide bonds. The van der Waals surface area contributed by atoms with Gasteiger partial charge < -0.3 is 61.7 Å². The number of fused-ring (bicyclic) bond motifs is 3. The van der Waals surface area contributed by atoms with Crippen molar-refractivity contribution in [3.05, 3.63) is 71.8 Å². The summed E-state index contributed by atoms with van der Waals surface area (Å²) in [6, 6.07) is 10.9. The number of rotatable bonds is 17. The Labute approximate surface area is 363 Å². The number of imidazole rings is 1. The van der Waals surface area contributed by atoms with Gasteiger partial charge in [-0.25, -0.2) is 28.9 Å². The molecule has 4 aromatic rings. The van der Waals surface area contributed by atoms with Crippen LogP contribution in [-0.4, -0.2) is 141 Å². The first-order valence-corrected chi connectivity index (χ1v) is 22.7. The van der Waals surface area contributed by atoms with Gasteiger partial charge in [0, 0.05) is 12.0 Å². The van der Waals surface area contributed by atoms with Gasteiger partial charge in [0.1, 0.15) is 48.5 Å². The first-order chi connectivity index (χ1) is 30.1. The molecule has 1 saturated heterocycles. The van der Waals surface area contributed by atoms with Crippen LogP contribution < -0.4 is 27.0 Å². The number of nitrogen functional groups attached to an aromatic ring is 1. The quantitative estimate of drug-likeness (QED) is 0.0612. The number of hydrogen-bond donors (Lipinski definition) is 11. The predicted molar refractivity (Wildman–Crippen MR) is 224 cm³/mol. The van der Waals surface area contributed by atoms with Gasteiger partial charge in [-0.2, -0.15) is 9.30 Å². The predicted octanol–water partition coefficient (Wildman–Crippen LogP) is -0.182. The van der Waals surface area contributed by atoms with E-state index >= 15 is 0 Å². The summed E-state index contributed by atoms with van der Waals surface area (Å²) < 4.78 is 46.2. The van der Waals surface area contributed by atoms with Crippen LogP contribution in [0.2, 0.25) is 0 Å². The van der Waals surface area contributed by atoms with Gasteiger partial charge in [0.05, 0.1) is 37.5 Å². The van der Waals surface area contributed by atoms with Crippen LogP contribution in [0, 0.1) is 13.8 Å². The molecule has 3 aliphatic rings. The van der Waals surface area contributed by atoms with Crippen LogP contribution in [0.1, 0.15) is 42.2 Å². The monoisotopic (exact) mass is 934 g/mol. The van der Waals surface area contributed by atoms with Crippen molar-refractivity contribution < 1.29 is 72.1 Å². The second-order valence-electron chi connectivity index (χ2n) is 15.7. The highest BCUT2D eigenvalue weighted by atomic mass is 31.3. The summed E-state index contributed by atoms with van der Waals surface area (Å²) in [6.07, 6.45) is -9.94. The van der Waals surface area contributed by atoms with E-state index in [0.717, 1.165) is 17.5 Å². The number of carbonyl (C=O) groups is 2. The zero-order valence-corrected chi connectivity index (χ0v) is 36.1. The lowest BCUT2D eigenvalue weighted by atomic mass is 9.71. The number of aliphatic hydroxyl groups is 5. The van der Waals surface area contributed by atoms with Gasteiger partial charge in [0.2, 0.25) is 0 Å². The molecule has 13 N–H and O–H groups in total. The lowest BCUT2D eigenvalue weighted by molar-refractivity contribution is -0.123. The number of nitrogens with zero attached hydrogens (tertiary/aromatic N) is 6. The molecule has 0 aliphatic carbocycles. The zero-order valence-electron chi connectivity index (χ0n) is 34.3. The zero-order chi connectivity index (χ0) is 46.5. The Kier molecular flexibility index (Phi) is 13.4. The van der Waals surface area contributed by atoms with E-state index < -0.39 is 108 Å². The molecule has 2 aromatic carbocycles. The topological polar surface area (TPSA) is 382 Å². The van der Waals surface area contributed by atoms with Crippen molar-refractivity contribution in [2.45, 2.75) is 87.5 Å². The van der Waals surface area contributed by atoms with Crippen molar-refractivity contribution in [1.29, 1.82) is 0 Å². The van der Waals surface area contributed by atoms with Gasteiger partial charge in [0.25, 0.3) is 5.91 Å². The van der Waals surface area contributed by atoms with Gasteiger partial charge >= 0.3 is 21.7 Å². The number of aliphatic hydroxyl groups excluding tert-OH is 5. The molecular weight excluding hydrogens is 886 g/mol. The Balaban J connectivity index is 1.03. The molecule has 3 aliphatic heterocycles. The highest BCUT2D eigenvalue weighted by molar-refractivity contribution is 7.61. The van der Waals surface area contributed by atoms with Gasteiger partial charge in [-0.1, -0.05) is 30.3 Å². The van der Waals surface area contributed by atoms with Crippen LogP contribution in [-0.2, 0) is 32.0 Å². The third-order valence-electron chi connectivity index (χ3n) is 11.1. The number of aryl methyl sites for hydroxylation is 2. The molecule has 0 saturated carbocycles. The van der Waals surface area contributed by atoms with Crippen LogP contribution in [0.15, 0.2) is 60.1 Å². The summed E-state index contributed by atoms with van der Waals surface area (Å²) >= 11 is 0. The number of β-amino-alcohol motifs (C(OH)–C–C–N with tert-alkyl or cyclic N) is 1. The first-order valence-electron chi connectivity index (χ1n) is 19.7. The smallest absolute Gasteiger partial charge is 0.388 e. The van der Waals surface area contributed by atoms with Crippen LogP contribution in [0.3, 0.4) is 0 Å². The number of benzene rings is 2. The molecule has 2 aromatic heterocycles. The van der Waals surface area contributed by atoms with Gasteiger partial charge in [-0.3, -0.25) is 23.7 Å². The number of phosphoric ester groups is 2. The number of urea groups is 1. The Bertz CT molecular complexity index is 2530. The number of carbonyl (C=O) groups excluding carboxylic acids is 2. The highest BCUT2D eigenvalue weighted by Crippen LogP contribution is 2.60. The minimum atomic E-state index is -5.61. The Hall–Kier alpha value is -4.82. The van der Waals surface area contributed by atoms with Crippen LogP contribution >= 0.6 is 15.6 Å². The van der Waals surface area contributed by atoms with Crippen molar-refractivity contribution in [2.75, 3.05) is 35.7 Å². The number of phosphoric acid groups is 2. The molecular formula is C37H48N10O15P2. The molecule has 3 unspecified atom stereocenters. The van der Waals surface area contributed by atoms with E-state index in [-0.39, 0.29) is 29.2 Å². The molecule has 12 atom stereocenters. The molecule has 1 fully saturated rings. The van der Waals surface area contributed by atoms with E-state index in [0.29, 0.717) is 16.9 Å². The van der Waals surface area contributed by atoms with Crippen molar-refractivity contribution >= 4 is 61.8 Å². The molecule has 7 rings (SSSR count). The summed E-state index contributed by atoms with van der Waals surface area (Å²) in [5.74, 6) is -1.65. The maximum absolute atomic E-state index is 14.3. The molecule has 25 nitrogen and oxygen atoms in total. The van der Waals surface area contributed by atoms with E-state index in [9.17, 15) is 54.0 Å². The van der Waals surface area contributed by atoms with Crippen molar-refractivity contribution in [2.24, 2.45) is 10.7 Å². The summed E-state index contributed by atoms with van der Waals surface area (Å²) in [7, 11) is -11.1. The lowest BCUT2D eigenvalue weighted by Gasteiger charge is -2.51. The maximum atomic E-state index is 14.3. The van der Waals surface area contributed by atoms with E-state index in [4.69, 9.17) is 25.3 Å². The SMILES string of the molecule is Cc1cc2c(cc1C)N(C[C@H](O)[C@H](O)[C@H](O)COP(=O)(O)OP(=O)(O)OC[C@H]1O[C@@H](n3cnc4c(N)ncnc43)[C@H](O)[C@@H]1O)C1=NC(=O)NC(=O)[C@@]1([C@@H](CC(C)N)c1ccccc1)N2. The number of nitrogens with one attached hydrogen (secondary N) is 2. The molecule has 64 heavy (non-hydrogen) atoms. The highest BCUT2D eigenvalue weighted by Gasteiger charge is 2.58. The second kappa shape index (κ2) is 18.2. The molecule has 0 spiro atoms. The minimum absolute atomic E-state index is 0.0259. The third-order valence-corrected chi connectivity index (χ3v) is 13.7. The Morgan fingerprint density at radius 2 is 1.66 bits per heavy atom. The second-order valence-corrected chi connectivity index (χ2v) is 18.8. The first kappa shape index (κ1) is 47.2. The van der Waals surface area contributed by atoms with E-state index in [1.807, 2.05) is 6.92 Å². The number of ether oxygens (including phenoxy) is 1. The van der Waals surface area contributed by atoms with Crippen LogP contribution in [0.4, 0.5) is 22.0 Å². The number of amides is 3. The summed E-state index contributed by atoms with van der Waals surface area (Å²) in [4.78, 5) is 65.3. The van der Waals surface area contributed by atoms with Crippen LogP contribution in [0.5, 0.6) is 0 Å². The minimum Gasteiger partial charge on any atom is -0.388 e.